The molecule has 0 bridgehead atoms. The highest BCUT2D eigenvalue weighted by molar-refractivity contribution is 5.92. The van der Waals surface area contributed by atoms with Crippen LogP contribution in [0.4, 0.5) is 4.79 Å². The summed E-state index contributed by atoms with van der Waals surface area (Å²) in [6, 6.07) is 13.2. The third-order valence-electron chi connectivity index (χ3n) is 5.88. The van der Waals surface area contributed by atoms with Crippen LogP contribution < -0.4 is 10.6 Å². The molecule has 9 nitrogen and oxygen atoms in total. The Hall–Kier alpha value is -3.59. The first-order chi connectivity index (χ1) is 17.5. The fraction of sp³-hybridized carbons (Fsp3) is 0.464. The SMILES string of the molecule is CCC(C)C(NC(=O)OC(C)(C)C)C(=O)N(CCO)C(C(=O)NCc1ccccc1)c1ccccc1O. The fourth-order valence-corrected chi connectivity index (χ4v) is 3.82. The molecule has 0 radical (unpaired) electrons. The van der Waals surface area contributed by atoms with Crippen LogP contribution in [-0.2, 0) is 20.9 Å². The molecule has 0 aliphatic carbocycles. The van der Waals surface area contributed by atoms with Crippen molar-refractivity contribution in [2.75, 3.05) is 13.2 Å². The number of rotatable bonds is 11. The summed E-state index contributed by atoms with van der Waals surface area (Å²) < 4.78 is 5.36. The predicted octanol–water partition coefficient (Wildman–Crippen LogP) is 3.51. The summed E-state index contributed by atoms with van der Waals surface area (Å²) in [7, 11) is 0. The number of phenolic OH excluding ortho intramolecular Hbond substituents is 1. The average molecular weight is 514 g/mol. The minimum Gasteiger partial charge on any atom is -0.508 e. The highest BCUT2D eigenvalue weighted by Gasteiger charge is 2.38. The molecule has 9 heteroatoms. The lowest BCUT2D eigenvalue weighted by Crippen LogP contribution is -2.55. The van der Waals surface area contributed by atoms with Crippen molar-refractivity contribution in [3.63, 3.8) is 0 Å². The Morgan fingerprint density at radius 3 is 2.22 bits per heavy atom. The first-order valence-corrected chi connectivity index (χ1v) is 12.5. The van der Waals surface area contributed by atoms with E-state index in [-0.39, 0.29) is 30.3 Å². The fourth-order valence-electron chi connectivity index (χ4n) is 3.82. The average Bonchev–Trinajstić information content (AvgIpc) is 2.85. The second-order valence-corrected chi connectivity index (χ2v) is 9.93. The predicted molar refractivity (Wildman–Crippen MR) is 141 cm³/mol. The molecular formula is C28H39N3O6. The Labute approximate surface area is 218 Å². The van der Waals surface area contributed by atoms with Gasteiger partial charge in [-0.1, -0.05) is 68.8 Å². The summed E-state index contributed by atoms with van der Waals surface area (Å²) in [4.78, 5) is 41.3. The normalized spacial score (nSPS) is 13.7. The molecule has 0 heterocycles. The first-order valence-electron chi connectivity index (χ1n) is 12.5. The summed E-state index contributed by atoms with van der Waals surface area (Å²) in [5.41, 5.74) is 0.291. The Morgan fingerprint density at radius 1 is 1.03 bits per heavy atom. The lowest BCUT2D eigenvalue weighted by molar-refractivity contribution is -0.144. The molecule has 3 atom stereocenters. The number of ether oxygens (including phenoxy) is 1. The zero-order valence-electron chi connectivity index (χ0n) is 22.2. The number of aliphatic hydroxyl groups is 1. The number of alkyl carbamates (subject to hydrolysis) is 1. The van der Waals surface area contributed by atoms with Crippen LogP contribution in [0.3, 0.4) is 0 Å². The standard InChI is InChI=1S/C28H39N3O6/c1-6-19(2)23(30-27(36)37-28(3,4)5)26(35)31(16-17-32)24(21-14-10-11-15-22(21)33)25(34)29-18-20-12-8-7-9-13-20/h7-15,19,23-24,32-33H,6,16-18H2,1-5H3,(H,29,34)(H,30,36). The van der Waals surface area contributed by atoms with E-state index in [1.165, 1.54) is 11.0 Å². The zero-order chi connectivity index (χ0) is 27.6. The lowest BCUT2D eigenvalue weighted by Gasteiger charge is -2.35. The quantitative estimate of drug-likeness (QED) is 0.364. The van der Waals surface area contributed by atoms with Crippen molar-refractivity contribution in [2.24, 2.45) is 5.92 Å². The number of aromatic hydroxyl groups is 1. The third-order valence-corrected chi connectivity index (χ3v) is 5.88. The van der Waals surface area contributed by atoms with Crippen LogP contribution in [0.2, 0.25) is 0 Å². The first kappa shape index (κ1) is 29.6. The molecule has 3 amide bonds. The minimum absolute atomic E-state index is 0.168. The second kappa shape index (κ2) is 13.6. The molecule has 0 saturated carbocycles. The number of carbonyl (C=O) groups is 3. The summed E-state index contributed by atoms with van der Waals surface area (Å²) in [5, 5.41) is 26.0. The van der Waals surface area contributed by atoms with Crippen molar-refractivity contribution in [1.82, 2.24) is 15.5 Å². The number of para-hydroxylation sites is 1. The topological polar surface area (TPSA) is 128 Å². The van der Waals surface area contributed by atoms with Gasteiger partial charge in [0, 0.05) is 18.7 Å². The maximum absolute atomic E-state index is 13.9. The van der Waals surface area contributed by atoms with Gasteiger partial charge in [0.15, 0.2) is 0 Å². The zero-order valence-corrected chi connectivity index (χ0v) is 22.2. The van der Waals surface area contributed by atoms with Crippen molar-refractivity contribution in [1.29, 1.82) is 0 Å². The van der Waals surface area contributed by atoms with Gasteiger partial charge in [0.05, 0.1) is 6.61 Å². The Morgan fingerprint density at radius 2 is 1.65 bits per heavy atom. The number of benzene rings is 2. The molecule has 0 aliphatic rings. The van der Waals surface area contributed by atoms with Crippen LogP contribution >= 0.6 is 0 Å². The van der Waals surface area contributed by atoms with Crippen LogP contribution in [0.5, 0.6) is 5.75 Å². The summed E-state index contributed by atoms with van der Waals surface area (Å²) >= 11 is 0. The number of phenols is 1. The minimum atomic E-state index is -1.25. The van der Waals surface area contributed by atoms with Crippen LogP contribution in [0.1, 0.15) is 58.2 Å². The molecule has 2 aromatic rings. The van der Waals surface area contributed by atoms with E-state index in [1.54, 1.807) is 39.0 Å². The number of amides is 3. The monoisotopic (exact) mass is 513 g/mol. The van der Waals surface area contributed by atoms with Crippen molar-refractivity contribution in [3.05, 3.63) is 65.7 Å². The number of nitrogens with zero attached hydrogens (tertiary/aromatic N) is 1. The molecule has 0 fully saturated rings. The summed E-state index contributed by atoms with van der Waals surface area (Å²) in [5.74, 6) is -1.58. The van der Waals surface area contributed by atoms with Gasteiger partial charge in [-0.25, -0.2) is 4.79 Å². The van der Waals surface area contributed by atoms with Gasteiger partial charge in [0.1, 0.15) is 23.4 Å². The Kier molecular flexibility index (Phi) is 10.9. The van der Waals surface area contributed by atoms with E-state index in [4.69, 9.17) is 4.74 Å². The van der Waals surface area contributed by atoms with Gasteiger partial charge in [0.25, 0.3) is 0 Å². The molecule has 0 spiro atoms. The smallest absolute Gasteiger partial charge is 0.408 e. The molecule has 3 unspecified atom stereocenters. The second-order valence-electron chi connectivity index (χ2n) is 9.93. The summed E-state index contributed by atoms with van der Waals surface area (Å²) in [6.07, 6.45) is -0.205. The van der Waals surface area contributed by atoms with Gasteiger partial charge in [-0.15, -0.1) is 0 Å². The van der Waals surface area contributed by atoms with Gasteiger partial charge < -0.3 is 30.5 Å². The van der Waals surface area contributed by atoms with Crippen molar-refractivity contribution in [2.45, 2.75) is 65.3 Å². The van der Waals surface area contributed by atoms with Gasteiger partial charge >= 0.3 is 6.09 Å². The van der Waals surface area contributed by atoms with Gasteiger partial charge in [-0.3, -0.25) is 9.59 Å². The van der Waals surface area contributed by atoms with Crippen LogP contribution in [-0.4, -0.2) is 57.8 Å². The largest absolute Gasteiger partial charge is 0.508 e. The maximum atomic E-state index is 13.9. The van der Waals surface area contributed by atoms with E-state index >= 15 is 0 Å². The van der Waals surface area contributed by atoms with Crippen LogP contribution in [0.15, 0.2) is 54.6 Å². The lowest BCUT2D eigenvalue weighted by atomic mass is 9.95. The molecular weight excluding hydrogens is 474 g/mol. The van der Waals surface area contributed by atoms with E-state index in [0.29, 0.717) is 6.42 Å². The highest BCUT2D eigenvalue weighted by Crippen LogP contribution is 2.30. The van der Waals surface area contributed by atoms with Crippen molar-refractivity contribution < 1.29 is 29.3 Å². The van der Waals surface area contributed by atoms with E-state index in [2.05, 4.69) is 10.6 Å². The van der Waals surface area contributed by atoms with E-state index in [0.717, 1.165) is 5.56 Å². The van der Waals surface area contributed by atoms with Crippen LogP contribution in [0.25, 0.3) is 0 Å². The van der Waals surface area contributed by atoms with Crippen LogP contribution in [0, 0.1) is 5.92 Å². The van der Waals surface area contributed by atoms with Crippen molar-refractivity contribution >= 4 is 17.9 Å². The molecule has 37 heavy (non-hydrogen) atoms. The van der Waals surface area contributed by atoms with E-state index < -0.39 is 42.2 Å². The number of nitrogens with one attached hydrogen (secondary N) is 2. The molecule has 4 N–H and O–H groups in total. The molecule has 0 saturated heterocycles. The number of carbonyl (C=O) groups excluding carboxylic acids is 3. The number of hydrogen-bond acceptors (Lipinski definition) is 6. The Bertz CT molecular complexity index is 1040. The number of aliphatic hydroxyl groups excluding tert-OH is 1. The summed E-state index contributed by atoms with van der Waals surface area (Å²) in [6.45, 7) is 8.42. The highest BCUT2D eigenvalue weighted by atomic mass is 16.6. The van der Waals surface area contributed by atoms with E-state index in [1.807, 2.05) is 44.2 Å². The molecule has 2 rings (SSSR count). The van der Waals surface area contributed by atoms with Crippen molar-refractivity contribution in [3.8, 4) is 5.75 Å². The number of hydrogen-bond donors (Lipinski definition) is 4. The third kappa shape index (κ3) is 8.78. The molecule has 0 aliphatic heterocycles. The van der Waals surface area contributed by atoms with Gasteiger partial charge in [-0.2, -0.15) is 0 Å². The maximum Gasteiger partial charge on any atom is 0.408 e. The molecule has 2 aromatic carbocycles. The Balaban J connectivity index is 2.45. The molecule has 0 aromatic heterocycles. The van der Waals surface area contributed by atoms with E-state index in [9.17, 15) is 24.6 Å². The van der Waals surface area contributed by atoms with Gasteiger partial charge in [-0.05, 0) is 38.3 Å². The molecule has 202 valence electrons. The van der Waals surface area contributed by atoms with Gasteiger partial charge in [0.2, 0.25) is 11.8 Å².